The first-order chi connectivity index (χ1) is 9.24. The van der Waals surface area contributed by atoms with Gasteiger partial charge in [0.2, 0.25) is 11.8 Å². The lowest BCUT2D eigenvalue weighted by Crippen LogP contribution is -2.28. The van der Waals surface area contributed by atoms with Crippen molar-refractivity contribution in [1.29, 1.82) is 0 Å². The van der Waals surface area contributed by atoms with E-state index in [0.717, 1.165) is 5.57 Å². The first-order valence-corrected chi connectivity index (χ1v) is 6.24. The maximum absolute atomic E-state index is 11.5. The van der Waals surface area contributed by atoms with E-state index in [2.05, 4.69) is 10.6 Å². The SMILES string of the molecule is CNC(=O)COCCOCCNC(=O)C1=CC=CC1. The van der Waals surface area contributed by atoms with Crippen molar-refractivity contribution >= 4 is 11.8 Å². The molecule has 0 saturated heterocycles. The molecule has 0 saturated carbocycles. The second-order valence-electron chi connectivity index (χ2n) is 3.92. The molecular weight excluding hydrogens is 248 g/mol. The van der Waals surface area contributed by atoms with Gasteiger partial charge in [-0.2, -0.15) is 0 Å². The van der Waals surface area contributed by atoms with Crippen LogP contribution in [0.2, 0.25) is 0 Å². The van der Waals surface area contributed by atoms with Crippen LogP contribution >= 0.6 is 0 Å². The minimum Gasteiger partial charge on any atom is -0.377 e. The van der Waals surface area contributed by atoms with Crippen molar-refractivity contribution in [1.82, 2.24) is 10.6 Å². The number of rotatable bonds is 9. The molecule has 0 aromatic rings. The number of amides is 2. The number of likely N-dealkylation sites (N-methyl/N-ethyl adjacent to an activating group) is 1. The molecule has 0 aromatic carbocycles. The summed E-state index contributed by atoms with van der Waals surface area (Å²) < 4.78 is 10.3. The Kier molecular flexibility index (Phi) is 7.53. The summed E-state index contributed by atoms with van der Waals surface area (Å²) in [6, 6.07) is 0. The summed E-state index contributed by atoms with van der Waals surface area (Å²) in [7, 11) is 1.56. The predicted molar refractivity (Wildman–Crippen MR) is 70.6 cm³/mol. The summed E-state index contributed by atoms with van der Waals surface area (Å²) in [4.78, 5) is 22.4. The first-order valence-electron chi connectivity index (χ1n) is 6.24. The van der Waals surface area contributed by atoms with E-state index in [0.29, 0.717) is 32.8 Å². The summed E-state index contributed by atoms with van der Waals surface area (Å²) in [5, 5.41) is 5.22. The van der Waals surface area contributed by atoms with Gasteiger partial charge in [0.05, 0.1) is 19.8 Å². The van der Waals surface area contributed by atoms with Crippen molar-refractivity contribution in [3.05, 3.63) is 23.8 Å². The van der Waals surface area contributed by atoms with Crippen LogP contribution in [0.25, 0.3) is 0 Å². The lowest BCUT2D eigenvalue weighted by molar-refractivity contribution is -0.125. The Labute approximate surface area is 112 Å². The van der Waals surface area contributed by atoms with Gasteiger partial charge in [0.25, 0.3) is 0 Å². The van der Waals surface area contributed by atoms with Gasteiger partial charge in [-0.05, 0) is 6.42 Å². The highest BCUT2D eigenvalue weighted by Crippen LogP contribution is 2.09. The standard InChI is InChI=1S/C13H20N2O4/c1-14-12(16)10-19-9-8-18-7-6-15-13(17)11-4-2-3-5-11/h2-4H,5-10H2,1H3,(H,14,16)(H,15,17). The zero-order valence-corrected chi connectivity index (χ0v) is 11.1. The summed E-state index contributed by atoms with van der Waals surface area (Å²) in [6.45, 7) is 1.69. The molecular formula is C13H20N2O4. The molecule has 2 N–H and O–H groups in total. The second kappa shape index (κ2) is 9.29. The molecule has 0 aromatic heterocycles. The van der Waals surface area contributed by atoms with Gasteiger partial charge in [-0.25, -0.2) is 0 Å². The maximum atomic E-state index is 11.5. The Morgan fingerprint density at radius 1 is 1.26 bits per heavy atom. The highest BCUT2D eigenvalue weighted by molar-refractivity contribution is 5.94. The normalized spacial score (nSPS) is 13.2. The Hall–Kier alpha value is -1.66. The number of hydrogen-bond acceptors (Lipinski definition) is 4. The van der Waals surface area contributed by atoms with Crippen LogP contribution < -0.4 is 10.6 Å². The number of carbonyl (C=O) groups excluding carboxylic acids is 2. The number of hydrogen-bond donors (Lipinski definition) is 2. The maximum Gasteiger partial charge on any atom is 0.247 e. The highest BCUT2D eigenvalue weighted by Gasteiger charge is 2.08. The Balaban J connectivity index is 1.88. The van der Waals surface area contributed by atoms with Crippen molar-refractivity contribution in [2.75, 3.05) is 40.0 Å². The van der Waals surface area contributed by atoms with Gasteiger partial charge in [-0.1, -0.05) is 18.2 Å². The van der Waals surface area contributed by atoms with Gasteiger partial charge in [-0.3, -0.25) is 9.59 Å². The highest BCUT2D eigenvalue weighted by atomic mass is 16.5. The van der Waals surface area contributed by atoms with E-state index >= 15 is 0 Å². The third kappa shape index (κ3) is 6.73. The van der Waals surface area contributed by atoms with E-state index in [9.17, 15) is 9.59 Å². The molecule has 0 unspecified atom stereocenters. The van der Waals surface area contributed by atoms with E-state index < -0.39 is 0 Å². The molecule has 19 heavy (non-hydrogen) atoms. The van der Waals surface area contributed by atoms with E-state index in [1.807, 2.05) is 18.2 Å². The predicted octanol–water partition coefficient (Wildman–Crippen LogP) is -0.232. The Bertz CT molecular complexity index is 364. The minimum atomic E-state index is -0.161. The van der Waals surface area contributed by atoms with Crippen LogP contribution in [0.15, 0.2) is 23.8 Å². The lowest BCUT2D eigenvalue weighted by atomic mass is 10.2. The Morgan fingerprint density at radius 3 is 2.74 bits per heavy atom. The van der Waals surface area contributed by atoms with Crippen LogP contribution in [0, 0.1) is 0 Å². The molecule has 0 heterocycles. The number of carbonyl (C=O) groups is 2. The van der Waals surface area contributed by atoms with Crippen molar-refractivity contribution in [2.24, 2.45) is 0 Å². The minimum absolute atomic E-state index is 0.0394. The second-order valence-corrected chi connectivity index (χ2v) is 3.92. The van der Waals surface area contributed by atoms with Gasteiger partial charge in [0, 0.05) is 19.2 Å². The summed E-state index contributed by atoms with van der Waals surface area (Å²) in [5.41, 5.74) is 0.772. The quantitative estimate of drug-likeness (QED) is 0.566. The van der Waals surface area contributed by atoms with Crippen LogP contribution in [-0.2, 0) is 19.1 Å². The molecule has 1 rings (SSSR count). The number of allylic oxidation sites excluding steroid dienone is 3. The van der Waals surface area contributed by atoms with Crippen LogP contribution in [-0.4, -0.2) is 51.8 Å². The smallest absolute Gasteiger partial charge is 0.247 e. The number of ether oxygens (including phenoxy) is 2. The molecule has 6 nitrogen and oxygen atoms in total. The summed E-state index contributed by atoms with van der Waals surface area (Å²) in [6.07, 6.45) is 6.31. The fourth-order valence-electron chi connectivity index (χ4n) is 1.42. The average molecular weight is 268 g/mol. The Morgan fingerprint density at radius 2 is 2.05 bits per heavy atom. The molecule has 0 fully saturated rings. The van der Waals surface area contributed by atoms with Crippen LogP contribution in [0.1, 0.15) is 6.42 Å². The monoisotopic (exact) mass is 268 g/mol. The third-order valence-electron chi connectivity index (χ3n) is 2.48. The summed E-state index contributed by atoms with van der Waals surface area (Å²) >= 11 is 0. The third-order valence-corrected chi connectivity index (χ3v) is 2.48. The number of nitrogens with one attached hydrogen (secondary N) is 2. The van der Waals surface area contributed by atoms with Gasteiger partial charge in [0.1, 0.15) is 6.61 Å². The topological polar surface area (TPSA) is 76.7 Å². The molecule has 0 spiro atoms. The largest absolute Gasteiger partial charge is 0.377 e. The van der Waals surface area contributed by atoms with Gasteiger partial charge in [0.15, 0.2) is 0 Å². The van der Waals surface area contributed by atoms with Gasteiger partial charge < -0.3 is 20.1 Å². The summed E-state index contributed by atoms with van der Waals surface area (Å²) in [5.74, 6) is -0.213. The molecule has 2 amide bonds. The molecule has 0 radical (unpaired) electrons. The fraction of sp³-hybridized carbons (Fsp3) is 0.538. The molecule has 0 atom stereocenters. The van der Waals surface area contributed by atoms with Gasteiger partial charge in [-0.15, -0.1) is 0 Å². The van der Waals surface area contributed by atoms with E-state index in [1.54, 1.807) is 7.05 Å². The zero-order chi connectivity index (χ0) is 13.9. The van der Waals surface area contributed by atoms with E-state index in [4.69, 9.17) is 9.47 Å². The van der Waals surface area contributed by atoms with Crippen molar-refractivity contribution in [3.8, 4) is 0 Å². The van der Waals surface area contributed by atoms with Crippen LogP contribution in [0.5, 0.6) is 0 Å². The molecule has 0 aliphatic heterocycles. The lowest BCUT2D eigenvalue weighted by Gasteiger charge is -2.07. The van der Waals surface area contributed by atoms with Crippen LogP contribution in [0.3, 0.4) is 0 Å². The van der Waals surface area contributed by atoms with E-state index in [-0.39, 0.29) is 18.4 Å². The van der Waals surface area contributed by atoms with E-state index in [1.165, 1.54) is 0 Å². The first kappa shape index (κ1) is 15.4. The molecule has 0 bridgehead atoms. The van der Waals surface area contributed by atoms with Crippen molar-refractivity contribution in [3.63, 3.8) is 0 Å². The zero-order valence-electron chi connectivity index (χ0n) is 11.1. The average Bonchev–Trinajstić information content (AvgIpc) is 2.95. The van der Waals surface area contributed by atoms with Crippen molar-refractivity contribution in [2.45, 2.75) is 6.42 Å². The van der Waals surface area contributed by atoms with Crippen molar-refractivity contribution < 1.29 is 19.1 Å². The van der Waals surface area contributed by atoms with Crippen LogP contribution in [0.4, 0.5) is 0 Å². The van der Waals surface area contributed by atoms with Gasteiger partial charge >= 0.3 is 0 Å². The molecule has 1 aliphatic rings. The molecule has 6 heteroatoms. The molecule has 106 valence electrons. The fourth-order valence-corrected chi connectivity index (χ4v) is 1.42. The molecule has 1 aliphatic carbocycles.